The second kappa shape index (κ2) is 6.02. The Morgan fingerprint density at radius 2 is 1.54 bits per heavy atom. The number of alkyl halides is 6. The normalized spacial score (nSPS) is 12.1. The topological polar surface area (TPSA) is 56.0 Å². The molecule has 24 heavy (non-hydrogen) atoms. The number of amides is 1. The fourth-order valence-electron chi connectivity index (χ4n) is 1.85. The van der Waals surface area contributed by atoms with E-state index in [0.717, 1.165) is 12.1 Å². The van der Waals surface area contributed by atoms with Crippen LogP contribution < -0.4 is 10.0 Å². The summed E-state index contributed by atoms with van der Waals surface area (Å²) >= 11 is 0. The van der Waals surface area contributed by atoms with Crippen LogP contribution in [0.25, 0.3) is 0 Å². The van der Waals surface area contributed by atoms with Crippen molar-refractivity contribution in [3.8, 4) is 0 Å². The first-order valence-electron chi connectivity index (χ1n) is 6.27. The van der Waals surface area contributed by atoms with Crippen molar-refractivity contribution >= 4 is 11.6 Å². The van der Waals surface area contributed by atoms with Crippen LogP contribution in [0, 0.1) is 5.21 Å². The molecule has 0 bridgehead atoms. The molecule has 0 aliphatic carbocycles. The van der Waals surface area contributed by atoms with Crippen molar-refractivity contribution in [2.45, 2.75) is 12.4 Å². The molecule has 0 saturated carbocycles. The van der Waals surface area contributed by atoms with E-state index in [4.69, 9.17) is 0 Å². The Bertz CT molecular complexity index is 753. The maximum absolute atomic E-state index is 12.8. The molecule has 0 aliphatic rings. The van der Waals surface area contributed by atoms with Gasteiger partial charge in [0.15, 0.2) is 12.4 Å². The minimum Gasteiger partial charge on any atom is -0.619 e. The zero-order valence-corrected chi connectivity index (χ0v) is 11.6. The Morgan fingerprint density at radius 1 is 0.958 bits per heavy atom. The monoisotopic (exact) mass is 350 g/mol. The highest BCUT2D eigenvalue weighted by Crippen LogP contribution is 2.32. The number of nitrogens with zero attached hydrogens (tertiary/aromatic N) is 1. The highest BCUT2D eigenvalue weighted by molar-refractivity contribution is 6.05. The molecule has 1 heterocycles. The van der Waals surface area contributed by atoms with Crippen molar-refractivity contribution in [2.24, 2.45) is 0 Å². The van der Waals surface area contributed by atoms with Gasteiger partial charge in [-0.15, -0.1) is 0 Å². The van der Waals surface area contributed by atoms with E-state index in [9.17, 15) is 36.3 Å². The van der Waals surface area contributed by atoms with Gasteiger partial charge in [0, 0.05) is 11.8 Å². The number of anilines is 1. The maximum Gasteiger partial charge on any atom is 0.417 e. The summed E-state index contributed by atoms with van der Waals surface area (Å²) in [6.45, 7) is 0. The lowest BCUT2D eigenvalue weighted by atomic mass is 10.1. The van der Waals surface area contributed by atoms with Crippen LogP contribution in [0.15, 0.2) is 42.7 Å². The first-order valence-corrected chi connectivity index (χ1v) is 6.27. The molecule has 0 radical (unpaired) electrons. The van der Waals surface area contributed by atoms with Gasteiger partial charge in [-0.3, -0.25) is 4.79 Å². The molecule has 0 spiro atoms. The number of carbonyl (C=O) groups is 1. The molecule has 0 aliphatic heterocycles. The van der Waals surface area contributed by atoms with Gasteiger partial charge in [0.1, 0.15) is 5.56 Å². The van der Waals surface area contributed by atoms with Crippen molar-refractivity contribution in [1.82, 2.24) is 0 Å². The Morgan fingerprint density at radius 3 is 2.04 bits per heavy atom. The van der Waals surface area contributed by atoms with Crippen molar-refractivity contribution in [3.05, 3.63) is 64.6 Å². The number of hydrogen-bond acceptors (Lipinski definition) is 2. The van der Waals surface area contributed by atoms with Crippen LogP contribution in [0.3, 0.4) is 0 Å². The average Bonchev–Trinajstić information content (AvgIpc) is 2.45. The van der Waals surface area contributed by atoms with Crippen molar-refractivity contribution in [1.29, 1.82) is 0 Å². The molecule has 0 fully saturated rings. The fraction of sp³-hybridized carbons (Fsp3) is 0.143. The molecule has 0 saturated heterocycles. The number of hydrogen-bond donors (Lipinski definition) is 1. The molecule has 1 amide bonds. The molecule has 2 aromatic rings. The second-order valence-electron chi connectivity index (χ2n) is 4.66. The molecule has 1 N–H and O–H groups in total. The lowest BCUT2D eigenvalue weighted by molar-refractivity contribution is -0.605. The van der Waals surface area contributed by atoms with Gasteiger partial charge in [0.2, 0.25) is 0 Å². The highest BCUT2D eigenvalue weighted by Gasteiger charge is 2.37. The SMILES string of the molecule is O=C(Nc1ccc(C(F)(F)F)cc1)c1c[n+]([O-])ccc1C(F)(F)F. The first kappa shape index (κ1) is 17.6. The minimum atomic E-state index is -4.87. The highest BCUT2D eigenvalue weighted by atomic mass is 19.4. The molecular formula is C14H8F6N2O2. The summed E-state index contributed by atoms with van der Waals surface area (Å²) in [5.74, 6) is -1.27. The second-order valence-corrected chi connectivity index (χ2v) is 4.66. The van der Waals surface area contributed by atoms with Crippen LogP contribution in [0.5, 0.6) is 0 Å². The van der Waals surface area contributed by atoms with Gasteiger partial charge in [-0.1, -0.05) is 0 Å². The Kier molecular flexibility index (Phi) is 4.41. The van der Waals surface area contributed by atoms with Gasteiger partial charge >= 0.3 is 12.4 Å². The van der Waals surface area contributed by atoms with Gasteiger partial charge in [-0.2, -0.15) is 31.1 Å². The van der Waals surface area contributed by atoms with Crippen LogP contribution in [0.2, 0.25) is 0 Å². The third-order valence-electron chi connectivity index (χ3n) is 2.95. The van der Waals surface area contributed by atoms with Crippen LogP contribution in [-0.4, -0.2) is 5.91 Å². The van der Waals surface area contributed by atoms with Gasteiger partial charge < -0.3 is 10.5 Å². The van der Waals surface area contributed by atoms with Crippen molar-refractivity contribution in [3.63, 3.8) is 0 Å². The molecular weight excluding hydrogens is 342 g/mol. The number of rotatable bonds is 2. The van der Waals surface area contributed by atoms with Gasteiger partial charge in [0.05, 0.1) is 11.1 Å². The van der Waals surface area contributed by atoms with E-state index in [0.29, 0.717) is 30.6 Å². The standard InChI is InChI=1S/C14H8F6N2O2/c15-13(16,17)8-1-3-9(4-2-8)21-12(23)10-7-22(24)6-5-11(10)14(18,19)20/h1-7H,(H,21,23). The Labute approximate surface area is 130 Å². The van der Waals surface area contributed by atoms with Crippen LogP contribution in [0.4, 0.5) is 32.0 Å². The number of nitrogens with one attached hydrogen (secondary N) is 1. The Balaban J connectivity index is 2.29. The van der Waals surface area contributed by atoms with Crippen LogP contribution in [0.1, 0.15) is 21.5 Å². The molecule has 128 valence electrons. The van der Waals surface area contributed by atoms with Gasteiger partial charge in [0.25, 0.3) is 5.91 Å². The quantitative estimate of drug-likeness (QED) is 0.511. The van der Waals surface area contributed by atoms with E-state index in [2.05, 4.69) is 0 Å². The van der Waals surface area contributed by atoms with Crippen LogP contribution in [-0.2, 0) is 12.4 Å². The zero-order valence-electron chi connectivity index (χ0n) is 11.6. The maximum atomic E-state index is 12.8. The number of benzene rings is 1. The predicted octanol–water partition coefficient (Wildman–Crippen LogP) is 3.61. The number of pyridine rings is 1. The first-order chi connectivity index (χ1) is 11.0. The third-order valence-corrected chi connectivity index (χ3v) is 2.95. The molecule has 1 aromatic carbocycles. The van der Waals surface area contributed by atoms with E-state index >= 15 is 0 Å². The fourth-order valence-corrected chi connectivity index (χ4v) is 1.85. The zero-order chi connectivity index (χ0) is 18.1. The van der Waals surface area contributed by atoms with Crippen molar-refractivity contribution < 1.29 is 35.9 Å². The van der Waals surface area contributed by atoms with Gasteiger partial charge in [-0.05, 0) is 24.3 Å². The smallest absolute Gasteiger partial charge is 0.417 e. The molecule has 2 rings (SSSR count). The summed E-state index contributed by atoms with van der Waals surface area (Å²) in [6.07, 6.45) is -8.44. The number of carbonyl (C=O) groups excluding carboxylic acids is 1. The summed E-state index contributed by atoms with van der Waals surface area (Å²) in [7, 11) is 0. The van der Waals surface area contributed by atoms with Crippen LogP contribution >= 0.6 is 0 Å². The molecule has 0 unspecified atom stereocenters. The minimum absolute atomic E-state index is 0.0108. The Hall–Kier alpha value is -2.78. The van der Waals surface area contributed by atoms with E-state index < -0.39 is 35.0 Å². The molecule has 1 aromatic heterocycles. The summed E-state index contributed by atoms with van der Waals surface area (Å²) in [5, 5.41) is 13.1. The molecule has 4 nitrogen and oxygen atoms in total. The number of halogens is 6. The van der Waals surface area contributed by atoms with Gasteiger partial charge in [-0.25, -0.2) is 0 Å². The summed E-state index contributed by atoms with van der Waals surface area (Å²) in [4.78, 5) is 11.9. The average molecular weight is 350 g/mol. The molecule has 0 atom stereocenters. The lowest BCUT2D eigenvalue weighted by Crippen LogP contribution is -2.30. The lowest BCUT2D eigenvalue weighted by Gasteiger charge is -2.12. The van der Waals surface area contributed by atoms with E-state index in [-0.39, 0.29) is 10.4 Å². The molecule has 10 heteroatoms. The third kappa shape index (κ3) is 3.94. The summed E-state index contributed by atoms with van der Waals surface area (Å²) < 4.78 is 75.8. The van der Waals surface area contributed by atoms with E-state index in [1.165, 1.54) is 0 Å². The van der Waals surface area contributed by atoms with E-state index in [1.807, 2.05) is 5.32 Å². The largest absolute Gasteiger partial charge is 0.619 e. The summed E-state index contributed by atoms with van der Waals surface area (Å²) in [5.41, 5.74) is -3.41. The van der Waals surface area contributed by atoms with Crippen molar-refractivity contribution in [2.75, 3.05) is 5.32 Å². The van der Waals surface area contributed by atoms with E-state index in [1.54, 1.807) is 0 Å². The predicted molar refractivity (Wildman–Crippen MR) is 69.8 cm³/mol. The number of aromatic nitrogens is 1. The summed E-state index contributed by atoms with van der Waals surface area (Å²) in [6, 6.07) is 3.55.